The van der Waals surface area contributed by atoms with E-state index in [0.29, 0.717) is 19.5 Å². The SMILES string of the molecule is CCCN(CC#Cc1ccccc1)C(=O)CCn1ccnc1CC. The van der Waals surface area contributed by atoms with Crippen LogP contribution in [0.4, 0.5) is 0 Å². The van der Waals surface area contributed by atoms with Gasteiger partial charge in [0.2, 0.25) is 5.91 Å². The van der Waals surface area contributed by atoms with Gasteiger partial charge in [-0.3, -0.25) is 4.79 Å². The number of carbonyl (C=O) groups excluding carboxylic acids is 1. The largest absolute Gasteiger partial charge is 0.334 e. The van der Waals surface area contributed by atoms with E-state index in [4.69, 9.17) is 0 Å². The monoisotopic (exact) mass is 323 g/mol. The minimum atomic E-state index is 0.148. The molecule has 1 aromatic heterocycles. The van der Waals surface area contributed by atoms with E-state index < -0.39 is 0 Å². The van der Waals surface area contributed by atoms with Gasteiger partial charge in [-0.05, 0) is 18.6 Å². The molecule has 1 aromatic carbocycles. The Hall–Kier alpha value is -2.54. The molecule has 0 unspecified atom stereocenters. The lowest BCUT2D eigenvalue weighted by atomic mass is 10.2. The molecule has 1 amide bonds. The molecule has 0 bridgehead atoms. The van der Waals surface area contributed by atoms with Gasteiger partial charge in [-0.2, -0.15) is 0 Å². The van der Waals surface area contributed by atoms with E-state index in [1.165, 1.54) is 0 Å². The number of nitrogens with zero attached hydrogens (tertiary/aromatic N) is 3. The summed E-state index contributed by atoms with van der Waals surface area (Å²) in [5, 5.41) is 0. The summed E-state index contributed by atoms with van der Waals surface area (Å²) in [6.45, 7) is 6.05. The third-order valence-corrected chi connectivity index (χ3v) is 3.81. The molecule has 1 heterocycles. The second kappa shape index (κ2) is 9.57. The summed E-state index contributed by atoms with van der Waals surface area (Å²) in [6, 6.07) is 9.86. The average molecular weight is 323 g/mol. The van der Waals surface area contributed by atoms with Crippen molar-refractivity contribution in [3.8, 4) is 11.8 Å². The number of benzene rings is 1. The van der Waals surface area contributed by atoms with Gasteiger partial charge in [-0.1, -0.05) is 43.9 Å². The van der Waals surface area contributed by atoms with Crippen LogP contribution in [0.1, 0.15) is 38.1 Å². The number of amides is 1. The molecule has 0 fully saturated rings. The summed E-state index contributed by atoms with van der Waals surface area (Å²) in [5.74, 6) is 7.41. The molecular formula is C20H25N3O. The van der Waals surface area contributed by atoms with Crippen molar-refractivity contribution in [2.75, 3.05) is 13.1 Å². The van der Waals surface area contributed by atoms with Gasteiger partial charge in [-0.15, -0.1) is 0 Å². The van der Waals surface area contributed by atoms with Crippen LogP contribution in [0.15, 0.2) is 42.7 Å². The van der Waals surface area contributed by atoms with E-state index in [1.54, 1.807) is 6.20 Å². The van der Waals surface area contributed by atoms with E-state index in [2.05, 4.69) is 35.2 Å². The van der Waals surface area contributed by atoms with Gasteiger partial charge in [0, 0.05) is 43.9 Å². The molecule has 2 rings (SSSR count). The van der Waals surface area contributed by atoms with Crippen molar-refractivity contribution in [1.29, 1.82) is 0 Å². The molecule has 0 aliphatic heterocycles. The Bertz CT molecular complexity index is 694. The Morgan fingerprint density at radius 1 is 1.25 bits per heavy atom. The van der Waals surface area contributed by atoms with Crippen molar-refractivity contribution >= 4 is 5.91 Å². The van der Waals surface area contributed by atoms with Crippen LogP contribution in [0.5, 0.6) is 0 Å². The highest BCUT2D eigenvalue weighted by molar-refractivity contribution is 5.76. The van der Waals surface area contributed by atoms with Crippen molar-refractivity contribution < 1.29 is 4.79 Å². The Morgan fingerprint density at radius 3 is 2.75 bits per heavy atom. The third-order valence-electron chi connectivity index (χ3n) is 3.81. The maximum absolute atomic E-state index is 12.5. The topological polar surface area (TPSA) is 38.1 Å². The van der Waals surface area contributed by atoms with Gasteiger partial charge in [0.1, 0.15) is 5.82 Å². The number of hydrogen-bond acceptors (Lipinski definition) is 2. The Labute approximate surface area is 144 Å². The summed E-state index contributed by atoms with van der Waals surface area (Å²) in [6.07, 6.45) is 6.02. The van der Waals surface area contributed by atoms with Crippen LogP contribution in [0.2, 0.25) is 0 Å². The normalized spacial score (nSPS) is 10.1. The van der Waals surface area contributed by atoms with Crippen molar-refractivity contribution in [2.24, 2.45) is 0 Å². The highest BCUT2D eigenvalue weighted by atomic mass is 16.2. The fraction of sp³-hybridized carbons (Fsp3) is 0.400. The number of rotatable bonds is 7. The van der Waals surface area contributed by atoms with Gasteiger partial charge in [0.05, 0.1) is 6.54 Å². The zero-order valence-electron chi connectivity index (χ0n) is 14.5. The van der Waals surface area contributed by atoms with Crippen LogP contribution >= 0.6 is 0 Å². The zero-order valence-corrected chi connectivity index (χ0v) is 14.5. The summed E-state index contributed by atoms with van der Waals surface area (Å²) in [5.41, 5.74) is 0.979. The summed E-state index contributed by atoms with van der Waals surface area (Å²) >= 11 is 0. The fourth-order valence-corrected chi connectivity index (χ4v) is 2.55. The first-order valence-corrected chi connectivity index (χ1v) is 8.56. The van der Waals surface area contributed by atoms with Crippen LogP contribution in [-0.4, -0.2) is 33.4 Å². The Balaban J connectivity index is 1.91. The fourth-order valence-electron chi connectivity index (χ4n) is 2.55. The van der Waals surface area contributed by atoms with Crippen molar-refractivity contribution in [1.82, 2.24) is 14.5 Å². The predicted octanol–water partition coefficient (Wildman–Crippen LogP) is 3.13. The summed E-state index contributed by atoms with van der Waals surface area (Å²) in [7, 11) is 0. The number of aryl methyl sites for hydroxylation is 2. The molecular weight excluding hydrogens is 298 g/mol. The van der Waals surface area contributed by atoms with Gasteiger partial charge < -0.3 is 9.47 Å². The quantitative estimate of drug-likeness (QED) is 0.734. The summed E-state index contributed by atoms with van der Waals surface area (Å²) in [4.78, 5) is 18.6. The molecule has 0 radical (unpaired) electrons. The lowest BCUT2D eigenvalue weighted by Gasteiger charge is -2.19. The van der Waals surface area contributed by atoms with Crippen LogP contribution < -0.4 is 0 Å². The molecule has 126 valence electrons. The minimum absolute atomic E-state index is 0.148. The molecule has 4 heteroatoms. The lowest BCUT2D eigenvalue weighted by molar-refractivity contribution is -0.130. The van der Waals surface area contributed by atoms with E-state index >= 15 is 0 Å². The second-order valence-corrected chi connectivity index (χ2v) is 5.62. The highest BCUT2D eigenvalue weighted by Gasteiger charge is 2.12. The maximum atomic E-state index is 12.5. The number of imidazole rings is 1. The maximum Gasteiger partial charge on any atom is 0.225 e. The first-order chi connectivity index (χ1) is 11.7. The number of aromatic nitrogens is 2. The first-order valence-electron chi connectivity index (χ1n) is 8.56. The zero-order chi connectivity index (χ0) is 17.2. The highest BCUT2D eigenvalue weighted by Crippen LogP contribution is 2.03. The predicted molar refractivity (Wildman–Crippen MR) is 96.4 cm³/mol. The minimum Gasteiger partial charge on any atom is -0.334 e. The van der Waals surface area contributed by atoms with E-state index in [-0.39, 0.29) is 5.91 Å². The molecule has 0 aliphatic carbocycles. The molecule has 0 saturated carbocycles. The van der Waals surface area contributed by atoms with Gasteiger partial charge >= 0.3 is 0 Å². The van der Waals surface area contributed by atoms with Crippen LogP contribution in [-0.2, 0) is 17.8 Å². The second-order valence-electron chi connectivity index (χ2n) is 5.62. The molecule has 24 heavy (non-hydrogen) atoms. The molecule has 2 aromatic rings. The van der Waals surface area contributed by atoms with Crippen molar-refractivity contribution in [3.63, 3.8) is 0 Å². The first kappa shape index (κ1) is 17.8. The van der Waals surface area contributed by atoms with Crippen LogP contribution in [0.25, 0.3) is 0 Å². The summed E-state index contributed by atoms with van der Waals surface area (Å²) < 4.78 is 2.05. The smallest absolute Gasteiger partial charge is 0.225 e. The molecule has 0 atom stereocenters. The van der Waals surface area contributed by atoms with Crippen LogP contribution in [0, 0.1) is 11.8 Å². The third kappa shape index (κ3) is 5.27. The van der Waals surface area contributed by atoms with E-state index in [0.717, 1.165) is 30.8 Å². The average Bonchev–Trinajstić information content (AvgIpc) is 3.07. The number of carbonyl (C=O) groups is 1. The standard InChI is InChI=1S/C20H25N3O/c1-3-14-23(15-8-11-18-9-6-5-7-10-18)20(24)12-16-22-17-13-21-19(22)4-2/h5-7,9-10,13,17H,3-4,12,14-16H2,1-2H3. The molecule has 0 saturated heterocycles. The molecule has 0 spiro atoms. The lowest BCUT2D eigenvalue weighted by Crippen LogP contribution is -2.32. The van der Waals surface area contributed by atoms with E-state index in [1.807, 2.05) is 41.4 Å². The van der Waals surface area contributed by atoms with Crippen LogP contribution in [0.3, 0.4) is 0 Å². The molecule has 0 N–H and O–H groups in total. The van der Waals surface area contributed by atoms with E-state index in [9.17, 15) is 4.79 Å². The number of hydrogen-bond donors (Lipinski definition) is 0. The van der Waals surface area contributed by atoms with Crippen molar-refractivity contribution in [2.45, 2.75) is 39.7 Å². The molecule has 4 nitrogen and oxygen atoms in total. The van der Waals surface area contributed by atoms with Crippen molar-refractivity contribution in [3.05, 3.63) is 54.1 Å². The van der Waals surface area contributed by atoms with Gasteiger partial charge in [0.15, 0.2) is 0 Å². The van der Waals surface area contributed by atoms with Gasteiger partial charge in [0.25, 0.3) is 0 Å². The van der Waals surface area contributed by atoms with Gasteiger partial charge in [-0.25, -0.2) is 4.98 Å². The molecule has 0 aliphatic rings. The Kier molecular flexibility index (Phi) is 7.10. The Morgan fingerprint density at radius 2 is 2.04 bits per heavy atom.